The molecular formula is C13H23N3. The molecule has 1 aliphatic carbocycles. The van der Waals surface area contributed by atoms with Crippen LogP contribution in [-0.4, -0.2) is 16.6 Å². The Bertz CT molecular complexity index is 341. The molecule has 0 aromatic carbocycles. The van der Waals surface area contributed by atoms with E-state index < -0.39 is 0 Å². The van der Waals surface area contributed by atoms with Crippen LogP contribution in [0.25, 0.3) is 0 Å². The summed E-state index contributed by atoms with van der Waals surface area (Å²) in [5.74, 6) is 0. The Morgan fingerprint density at radius 1 is 1.56 bits per heavy atom. The zero-order chi connectivity index (χ0) is 11.6. The zero-order valence-corrected chi connectivity index (χ0v) is 10.7. The van der Waals surface area contributed by atoms with Crippen molar-refractivity contribution in [1.29, 1.82) is 0 Å². The molecule has 0 radical (unpaired) electrons. The number of aromatic nitrogens is 2. The summed E-state index contributed by atoms with van der Waals surface area (Å²) < 4.78 is 2.37. The topological polar surface area (TPSA) is 29.9 Å². The van der Waals surface area contributed by atoms with Crippen molar-refractivity contribution in [1.82, 2.24) is 14.9 Å². The molecule has 1 atom stereocenters. The van der Waals surface area contributed by atoms with Crippen LogP contribution < -0.4 is 5.32 Å². The van der Waals surface area contributed by atoms with Crippen molar-refractivity contribution in [2.75, 3.05) is 7.05 Å². The second-order valence-corrected chi connectivity index (χ2v) is 5.74. The van der Waals surface area contributed by atoms with E-state index in [0.717, 1.165) is 6.54 Å². The Balaban J connectivity index is 2.13. The van der Waals surface area contributed by atoms with Crippen molar-refractivity contribution in [3.8, 4) is 0 Å². The van der Waals surface area contributed by atoms with Crippen LogP contribution in [0.2, 0.25) is 0 Å². The van der Waals surface area contributed by atoms with E-state index in [1.807, 2.05) is 19.6 Å². The number of imidazole rings is 1. The normalized spacial score (nSPS) is 24.6. The molecule has 0 aliphatic heterocycles. The predicted octanol–water partition coefficient (Wildman–Crippen LogP) is 2.74. The van der Waals surface area contributed by atoms with Crippen LogP contribution in [0.15, 0.2) is 12.5 Å². The van der Waals surface area contributed by atoms with Gasteiger partial charge in [0.15, 0.2) is 0 Å². The van der Waals surface area contributed by atoms with Gasteiger partial charge in [-0.05, 0) is 31.7 Å². The fourth-order valence-electron chi connectivity index (χ4n) is 2.87. The second kappa shape index (κ2) is 4.58. The van der Waals surface area contributed by atoms with Crippen LogP contribution in [-0.2, 0) is 6.54 Å². The Morgan fingerprint density at radius 2 is 2.38 bits per heavy atom. The maximum Gasteiger partial charge on any atom is 0.0951 e. The minimum absolute atomic E-state index is 0.490. The molecule has 1 N–H and O–H groups in total. The van der Waals surface area contributed by atoms with Gasteiger partial charge in [0.2, 0.25) is 0 Å². The van der Waals surface area contributed by atoms with Crippen LogP contribution in [0.3, 0.4) is 0 Å². The lowest BCUT2D eigenvalue weighted by atomic mass is 9.75. The second-order valence-electron chi connectivity index (χ2n) is 5.74. The average molecular weight is 221 g/mol. The third kappa shape index (κ3) is 2.46. The molecule has 90 valence electrons. The van der Waals surface area contributed by atoms with Gasteiger partial charge in [0.1, 0.15) is 0 Å². The van der Waals surface area contributed by atoms with Gasteiger partial charge in [-0.15, -0.1) is 0 Å². The molecule has 16 heavy (non-hydrogen) atoms. The highest BCUT2D eigenvalue weighted by Gasteiger charge is 2.29. The fraction of sp³-hybridized carbons (Fsp3) is 0.769. The summed E-state index contributed by atoms with van der Waals surface area (Å²) in [6.45, 7) is 5.68. The highest BCUT2D eigenvalue weighted by molar-refractivity contribution is 5.01. The predicted molar refractivity (Wildman–Crippen MR) is 66.3 cm³/mol. The molecular weight excluding hydrogens is 198 g/mol. The lowest BCUT2D eigenvalue weighted by molar-refractivity contribution is 0.181. The largest absolute Gasteiger partial charge is 0.330 e. The standard InChI is InChI=1S/C13H23N3/c1-13(2)6-4-5-11(7-13)16-10-15-9-12(16)8-14-3/h9-11,14H,4-8H2,1-3H3. The van der Waals surface area contributed by atoms with Crippen LogP contribution in [0.4, 0.5) is 0 Å². The van der Waals surface area contributed by atoms with Crippen molar-refractivity contribution in [3.05, 3.63) is 18.2 Å². The lowest BCUT2D eigenvalue weighted by Gasteiger charge is -2.36. The van der Waals surface area contributed by atoms with Crippen molar-refractivity contribution >= 4 is 0 Å². The zero-order valence-electron chi connectivity index (χ0n) is 10.7. The minimum atomic E-state index is 0.490. The van der Waals surface area contributed by atoms with Crippen LogP contribution in [0.1, 0.15) is 51.3 Å². The van der Waals surface area contributed by atoms with E-state index in [1.165, 1.54) is 31.4 Å². The third-order valence-electron chi connectivity index (χ3n) is 3.68. The maximum atomic E-state index is 4.29. The summed E-state index contributed by atoms with van der Waals surface area (Å²) in [5, 5.41) is 3.21. The summed E-state index contributed by atoms with van der Waals surface area (Å²) >= 11 is 0. The molecule has 3 nitrogen and oxygen atoms in total. The van der Waals surface area contributed by atoms with E-state index >= 15 is 0 Å². The van der Waals surface area contributed by atoms with Crippen molar-refractivity contribution in [3.63, 3.8) is 0 Å². The number of hydrogen-bond acceptors (Lipinski definition) is 2. The summed E-state index contributed by atoms with van der Waals surface area (Å²) in [7, 11) is 1.99. The van der Waals surface area contributed by atoms with Gasteiger partial charge in [0, 0.05) is 18.8 Å². The van der Waals surface area contributed by atoms with E-state index in [4.69, 9.17) is 0 Å². The Labute approximate surface area is 98.3 Å². The van der Waals surface area contributed by atoms with Gasteiger partial charge in [-0.2, -0.15) is 0 Å². The van der Waals surface area contributed by atoms with E-state index in [0.29, 0.717) is 11.5 Å². The number of rotatable bonds is 3. The molecule has 0 amide bonds. The van der Waals surface area contributed by atoms with Crippen LogP contribution in [0, 0.1) is 5.41 Å². The fourth-order valence-corrected chi connectivity index (χ4v) is 2.87. The molecule has 1 unspecified atom stereocenters. The monoisotopic (exact) mass is 221 g/mol. The summed E-state index contributed by atoms with van der Waals surface area (Å²) in [5.41, 5.74) is 1.80. The molecule has 3 heteroatoms. The van der Waals surface area contributed by atoms with Crippen LogP contribution >= 0.6 is 0 Å². The van der Waals surface area contributed by atoms with E-state index in [2.05, 4.69) is 28.7 Å². The van der Waals surface area contributed by atoms with Gasteiger partial charge in [0.05, 0.1) is 12.0 Å². The average Bonchev–Trinajstić information content (AvgIpc) is 2.65. The number of hydrogen-bond donors (Lipinski definition) is 1. The van der Waals surface area contributed by atoms with E-state index in [9.17, 15) is 0 Å². The van der Waals surface area contributed by atoms with Crippen molar-refractivity contribution < 1.29 is 0 Å². The number of nitrogens with one attached hydrogen (secondary N) is 1. The molecule has 1 saturated carbocycles. The van der Waals surface area contributed by atoms with Gasteiger partial charge >= 0.3 is 0 Å². The first-order valence-electron chi connectivity index (χ1n) is 6.28. The van der Waals surface area contributed by atoms with Gasteiger partial charge in [-0.25, -0.2) is 4.98 Å². The molecule has 1 fully saturated rings. The molecule has 0 saturated heterocycles. The quantitative estimate of drug-likeness (QED) is 0.850. The van der Waals surface area contributed by atoms with Gasteiger partial charge in [-0.3, -0.25) is 0 Å². The summed E-state index contributed by atoms with van der Waals surface area (Å²) in [4.78, 5) is 4.29. The molecule has 1 aromatic rings. The highest BCUT2D eigenvalue weighted by atomic mass is 15.1. The molecule has 0 spiro atoms. The molecule has 1 aromatic heterocycles. The first-order chi connectivity index (χ1) is 7.62. The Morgan fingerprint density at radius 3 is 3.06 bits per heavy atom. The third-order valence-corrected chi connectivity index (χ3v) is 3.68. The Kier molecular flexibility index (Phi) is 3.33. The SMILES string of the molecule is CNCc1cncn1C1CCCC(C)(C)C1. The smallest absolute Gasteiger partial charge is 0.0951 e. The molecule has 1 heterocycles. The molecule has 0 bridgehead atoms. The maximum absolute atomic E-state index is 4.29. The van der Waals surface area contributed by atoms with Gasteiger partial charge in [0.25, 0.3) is 0 Å². The summed E-state index contributed by atoms with van der Waals surface area (Å²) in [6.07, 6.45) is 9.27. The highest BCUT2D eigenvalue weighted by Crippen LogP contribution is 2.41. The summed E-state index contributed by atoms with van der Waals surface area (Å²) in [6, 6.07) is 0.648. The Hall–Kier alpha value is -0.830. The lowest BCUT2D eigenvalue weighted by Crippen LogP contribution is -2.26. The van der Waals surface area contributed by atoms with Crippen molar-refractivity contribution in [2.45, 2.75) is 52.1 Å². The number of nitrogens with zero attached hydrogens (tertiary/aromatic N) is 2. The molecule has 1 aliphatic rings. The molecule has 2 rings (SSSR count). The minimum Gasteiger partial charge on any atom is -0.330 e. The van der Waals surface area contributed by atoms with Gasteiger partial charge < -0.3 is 9.88 Å². The van der Waals surface area contributed by atoms with Crippen LogP contribution in [0.5, 0.6) is 0 Å². The first kappa shape index (κ1) is 11.6. The van der Waals surface area contributed by atoms with E-state index in [1.54, 1.807) is 0 Å². The van der Waals surface area contributed by atoms with E-state index in [-0.39, 0.29) is 0 Å². The first-order valence-corrected chi connectivity index (χ1v) is 6.28. The van der Waals surface area contributed by atoms with Gasteiger partial charge in [-0.1, -0.05) is 20.3 Å². The van der Waals surface area contributed by atoms with Crippen molar-refractivity contribution in [2.24, 2.45) is 5.41 Å².